The first-order valence-corrected chi connectivity index (χ1v) is 12.8. The Labute approximate surface area is 197 Å². The summed E-state index contributed by atoms with van der Waals surface area (Å²) in [6.45, 7) is 4.05. The molecule has 2 aromatic carbocycles. The highest BCUT2D eigenvalue weighted by Crippen LogP contribution is 2.38. The fourth-order valence-electron chi connectivity index (χ4n) is 5.00. The number of hydrogen-bond acceptors (Lipinski definition) is 1. The molecule has 0 unspecified atom stereocenters. The average Bonchev–Trinajstić information content (AvgIpc) is 2.80. The highest BCUT2D eigenvalue weighted by Gasteiger charge is 2.31. The molecule has 1 aliphatic rings. The largest absolute Gasteiger partial charge is 0.360 e. The molecule has 0 amide bonds. The Balaban J connectivity index is 1.46. The van der Waals surface area contributed by atoms with Crippen molar-refractivity contribution in [3.63, 3.8) is 0 Å². The van der Waals surface area contributed by atoms with Crippen LogP contribution >= 0.6 is 0 Å². The predicted octanol–water partition coefficient (Wildman–Crippen LogP) is 8.98. The van der Waals surface area contributed by atoms with Gasteiger partial charge in [0.25, 0.3) is 0 Å². The van der Waals surface area contributed by atoms with Gasteiger partial charge in [-0.3, -0.25) is 0 Å². The van der Waals surface area contributed by atoms with Crippen LogP contribution in [0.1, 0.15) is 99.8 Å². The topological polar surface area (TPSA) is 9.23 Å². The molecule has 1 aliphatic carbocycles. The van der Waals surface area contributed by atoms with Gasteiger partial charge in [-0.25, -0.2) is 4.39 Å². The molecule has 1 saturated carbocycles. The quantitative estimate of drug-likeness (QED) is 0.287. The van der Waals surface area contributed by atoms with Gasteiger partial charge < -0.3 is 4.74 Å². The Kier molecular flexibility index (Phi) is 9.85. The van der Waals surface area contributed by atoms with E-state index >= 15 is 0 Å². The first-order valence-electron chi connectivity index (χ1n) is 12.8. The third-order valence-corrected chi connectivity index (χ3v) is 7.01. The number of rotatable bonds is 12. The Morgan fingerprint density at radius 1 is 0.879 bits per heavy atom. The van der Waals surface area contributed by atoms with Gasteiger partial charge in [0.05, 0.1) is 13.0 Å². The molecular formula is C29H39F3O. The maximum absolute atomic E-state index is 14.3. The van der Waals surface area contributed by atoms with Crippen molar-refractivity contribution in [1.82, 2.24) is 0 Å². The van der Waals surface area contributed by atoms with E-state index in [0.29, 0.717) is 17.9 Å². The maximum atomic E-state index is 14.3. The molecule has 3 rings (SSSR count). The second-order valence-electron chi connectivity index (χ2n) is 9.73. The molecule has 4 heteroatoms. The SMILES string of the molecule is CCCCCC1CCC(c2ccc(COC(F)(F)Cc3ccc(CCC)c(F)c3)cc2)CC1. The zero-order chi connectivity index (χ0) is 23.7. The summed E-state index contributed by atoms with van der Waals surface area (Å²) >= 11 is 0. The second kappa shape index (κ2) is 12.6. The molecule has 2 aromatic rings. The van der Waals surface area contributed by atoms with E-state index in [-0.39, 0.29) is 12.2 Å². The highest BCUT2D eigenvalue weighted by molar-refractivity contribution is 5.26. The van der Waals surface area contributed by atoms with Crippen molar-refractivity contribution in [3.8, 4) is 0 Å². The summed E-state index contributed by atoms with van der Waals surface area (Å²) in [6.07, 6.45) is 7.82. The van der Waals surface area contributed by atoms with E-state index in [0.717, 1.165) is 17.9 Å². The Hall–Kier alpha value is -1.81. The summed E-state index contributed by atoms with van der Waals surface area (Å²) in [5.41, 5.74) is 2.85. The molecule has 182 valence electrons. The fraction of sp³-hybridized carbons (Fsp3) is 0.586. The number of benzene rings is 2. The van der Waals surface area contributed by atoms with Gasteiger partial charge in [0.15, 0.2) is 0 Å². The Bertz CT molecular complexity index is 838. The van der Waals surface area contributed by atoms with Gasteiger partial charge in [-0.05, 0) is 72.3 Å². The number of halogens is 3. The lowest BCUT2D eigenvalue weighted by Crippen LogP contribution is -2.24. The second-order valence-corrected chi connectivity index (χ2v) is 9.73. The molecule has 0 bridgehead atoms. The third kappa shape index (κ3) is 8.17. The lowest BCUT2D eigenvalue weighted by Gasteiger charge is -2.29. The molecule has 33 heavy (non-hydrogen) atoms. The molecule has 0 aliphatic heterocycles. The fourth-order valence-corrected chi connectivity index (χ4v) is 5.00. The van der Waals surface area contributed by atoms with Crippen molar-refractivity contribution >= 4 is 0 Å². The molecule has 0 atom stereocenters. The summed E-state index contributed by atoms with van der Waals surface area (Å²) in [6, 6.07) is 12.3. The minimum atomic E-state index is -3.34. The predicted molar refractivity (Wildman–Crippen MR) is 129 cm³/mol. The maximum Gasteiger partial charge on any atom is 0.360 e. The minimum Gasteiger partial charge on any atom is -0.315 e. The van der Waals surface area contributed by atoms with Crippen molar-refractivity contribution in [3.05, 3.63) is 70.5 Å². The number of unbranched alkanes of at least 4 members (excludes halogenated alkanes) is 2. The monoisotopic (exact) mass is 460 g/mol. The van der Waals surface area contributed by atoms with Gasteiger partial charge in [0, 0.05) is 0 Å². The number of aryl methyl sites for hydroxylation is 1. The number of alkyl halides is 2. The smallest absolute Gasteiger partial charge is 0.315 e. The minimum absolute atomic E-state index is 0.159. The van der Waals surface area contributed by atoms with E-state index in [1.165, 1.54) is 63.0 Å². The Morgan fingerprint density at radius 2 is 1.58 bits per heavy atom. The van der Waals surface area contributed by atoms with E-state index in [9.17, 15) is 13.2 Å². The van der Waals surface area contributed by atoms with Gasteiger partial charge >= 0.3 is 6.11 Å². The summed E-state index contributed by atoms with van der Waals surface area (Å²) in [7, 11) is 0. The summed E-state index contributed by atoms with van der Waals surface area (Å²) in [5.74, 6) is 1.03. The zero-order valence-corrected chi connectivity index (χ0v) is 20.2. The molecule has 0 radical (unpaired) electrons. The molecule has 0 spiro atoms. The van der Waals surface area contributed by atoms with Crippen LogP contribution in [0.25, 0.3) is 0 Å². The standard InChI is InChI=1S/C29H39F3O/c1-3-5-6-8-22-9-14-25(15-10-22)26-16-11-23(12-17-26)21-33-29(31,32)20-24-13-18-27(7-4-2)28(30)19-24/h11-13,16-19,22,25H,3-10,14-15,20-21H2,1-2H3. The molecule has 0 aromatic heterocycles. The molecule has 0 saturated heterocycles. The van der Waals surface area contributed by atoms with Crippen molar-refractivity contribution in [1.29, 1.82) is 0 Å². The van der Waals surface area contributed by atoms with Crippen LogP contribution in [0, 0.1) is 11.7 Å². The zero-order valence-electron chi connectivity index (χ0n) is 20.2. The van der Waals surface area contributed by atoms with E-state index in [1.807, 2.05) is 19.1 Å². The van der Waals surface area contributed by atoms with Gasteiger partial charge in [0.2, 0.25) is 0 Å². The van der Waals surface area contributed by atoms with Crippen LogP contribution in [0.2, 0.25) is 0 Å². The van der Waals surface area contributed by atoms with Crippen molar-refractivity contribution < 1.29 is 17.9 Å². The molecule has 1 fully saturated rings. The number of ether oxygens (including phenoxy) is 1. The molecular weight excluding hydrogens is 421 g/mol. The molecule has 0 heterocycles. The lowest BCUT2D eigenvalue weighted by molar-refractivity contribution is -0.244. The average molecular weight is 461 g/mol. The van der Waals surface area contributed by atoms with Crippen molar-refractivity contribution in [2.75, 3.05) is 0 Å². The van der Waals surface area contributed by atoms with E-state index in [2.05, 4.69) is 19.1 Å². The first kappa shape index (κ1) is 25.8. The first-order chi connectivity index (χ1) is 15.9. The lowest BCUT2D eigenvalue weighted by atomic mass is 9.77. The van der Waals surface area contributed by atoms with Gasteiger partial charge in [-0.2, -0.15) is 8.78 Å². The van der Waals surface area contributed by atoms with Gasteiger partial charge in [-0.1, -0.05) is 82.3 Å². The van der Waals surface area contributed by atoms with E-state index < -0.39 is 18.3 Å². The van der Waals surface area contributed by atoms with Crippen LogP contribution in [0.4, 0.5) is 13.2 Å². The highest BCUT2D eigenvalue weighted by atomic mass is 19.3. The van der Waals surface area contributed by atoms with Crippen molar-refractivity contribution in [2.24, 2.45) is 5.92 Å². The van der Waals surface area contributed by atoms with Gasteiger partial charge in [0.1, 0.15) is 5.82 Å². The molecule has 1 nitrogen and oxygen atoms in total. The summed E-state index contributed by atoms with van der Waals surface area (Å²) < 4.78 is 47.7. The number of hydrogen-bond donors (Lipinski definition) is 0. The van der Waals surface area contributed by atoms with Crippen LogP contribution in [0.15, 0.2) is 42.5 Å². The third-order valence-electron chi connectivity index (χ3n) is 7.01. The van der Waals surface area contributed by atoms with E-state index in [1.54, 1.807) is 12.1 Å². The van der Waals surface area contributed by atoms with Crippen LogP contribution in [-0.4, -0.2) is 6.11 Å². The Morgan fingerprint density at radius 3 is 2.21 bits per heavy atom. The van der Waals surface area contributed by atoms with Crippen LogP contribution in [-0.2, 0) is 24.2 Å². The normalized spacial score (nSPS) is 19.1. The molecule has 0 N–H and O–H groups in total. The van der Waals surface area contributed by atoms with Crippen LogP contribution < -0.4 is 0 Å². The van der Waals surface area contributed by atoms with Crippen LogP contribution in [0.3, 0.4) is 0 Å². The van der Waals surface area contributed by atoms with Crippen LogP contribution in [0.5, 0.6) is 0 Å². The van der Waals surface area contributed by atoms with Crippen molar-refractivity contribution in [2.45, 2.75) is 103 Å². The summed E-state index contributed by atoms with van der Waals surface area (Å²) in [5, 5.41) is 0. The van der Waals surface area contributed by atoms with Gasteiger partial charge in [-0.15, -0.1) is 0 Å². The summed E-state index contributed by atoms with van der Waals surface area (Å²) in [4.78, 5) is 0. The van der Waals surface area contributed by atoms with E-state index in [4.69, 9.17) is 4.74 Å².